The Morgan fingerprint density at radius 1 is 0.615 bits per heavy atom. The molecule has 2 nitrogen and oxygen atoms in total. The molecule has 0 aromatic heterocycles. The van der Waals surface area contributed by atoms with Gasteiger partial charge >= 0.3 is 0 Å². The summed E-state index contributed by atoms with van der Waals surface area (Å²) in [5.41, 5.74) is 3.71. The number of hydrogen-bond donors (Lipinski definition) is 2. The number of benzene rings is 3. The lowest BCUT2D eigenvalue weighted by Gasteiger charge is -2.26. The van der Waals surface area contributed by atoms with Crippen LogP contribution in [0.2, 0.25) is 0 Å². The SMILES string of the molecule is CC(C)(c1ccccc1)c1ccc(O)cc1.CC(C)c1ccc(O)cc1. The van der Waals surface area contributed by atoms with E-state index in [9.17, 15) is 5.11 Å². The van der Waals surface area contributed by atoms with Crippen molar-refractivity contribution in [1.29, 1.82) is 0 Å². The van der Waals surface area contributed by atoms with Crippen molar-refractivity contribution in [2.24, 2.45) is 0 Å². The first-order chi connectivity index (χ1) is 12.3. The molecule has 3 aromatic carbocycles. The molecule has 0 saturated heterocycles. The van der Waals surface area contributed by atoms with Crippen LogP contribution in [0.5, 0.6) is 11.5 Å². The second-order valence-corrected chi connectivity index (χ2v) is 7.28. The third kappa shape index (κ3) is 5.13. The van der Waals surface area contributed by atoms with Crippen LogP contribution in [0.25, 0.3) is 0 Å². The van der Waals surface area contributed by atoms with Crippen molar-refractivity contribution in [2.75, 3.05) is 0 Å². The third-order valence-corrected chi connectivity index (χ3v) is 4.64. The number of phenols is 2. The third-order valence-electron chi connectivity index (χ3n) is 4.64. The van der Waals surface area contributed by atoms with Crippen LogP contribution in [-0.2, 0) is 5.41 Å². The first-order valence-corrected chi connectivity index (χ1v) is 8.94. The Labute approximate surface area is 156 Å². The molecule has 2 heteroatoms. The predicted molar refractivity (Wildman–Crippen MR) is 109 cm³/mol. The van der Waals surface area contributed by atoms with E-state index in [4.69, 9.17) is 5.11 Å². The molecule has 0 aliphatic rings. The first-order valence-electron chi connectivity index (χ1n) is 8.94. The van der Waals surface area contributed by atoms with Gasteiger partial charge in [0, 0.05) is 5.41 Å². The molecule has 0 bridgehead atoms. The number of aromatic hydroxyl groups is 2. The lowest BCUT2D eigenvalue weighted by atomic mass is 9.78. The maximum absolute atomic E-state index is 9.29. The van der Waals surface area contributed by atoms with E-state index in [1.54, 1.807) is 24.3 Å². The molecule has 0 heterocycles. The van der Waals surface area contributed by atoms with Crippen molar-refractivity contribution >= 4 is 0 Å². The average Bonchev–Trinajstić information content (AvgIpc) is 2.64. The molecule has 2 N–H and O–H groups in total. The molecular weight excluding hydrogens is 320 g/mol. The summed E-state index contributed by atoms with van der Waals surface area (Å²) in [6.45, 7) is 8.64. The Morgan fingerprint density at radius 2 is 1.04 bits per heavy atom. The quantitative estimate of drug-likeness (QED) is 0.588. The fourth-order valence-corrected chi connectivity index (χ4v) is 2.76. The zero-order valence-corrected chi connectivity index (χ0v) is 16.0. The maximum Gasteiger partial charge on any atom is 0.115 e. The van der Waals surface area contributed by atoms with Crippen molar-refractivity contribution in [3.05, 3.63) is 95.6 Å². The van der Waals surface area contributed by atoms with Gasteiger partial charge in [-0.15, -0.1) is 0 Å². The highest BCUT2D eigenvalue weighted by atomic mass is 16.3. The second-order valence-electron chi connectivity index (χ2n) is 7.28. The van der Waals surface area contributed by atoms with Crippen molar-refractivity contribution in [2.45, 2.75) is 39.0 Å². The summed E-state index contributed by atoms with van der Waals surface area (Å²) in [5, 5.41) is 18.2. The molecule has 0 amide bonds. The average molecular weight is 348 g/mol. The van der Waals surface area contributed by atoms with Gasteiger partial charge in [0.25, 0.3) is 0 Å². The predicted octanol–water partition coefficient (Wildman–Crippen LogP) is 6.23. The Bertz CT molecular complexity index is 786. The fraction of sp³-hybridized carbons (Fsp3) is 0.250. The fourth-order valence-electron chi connectivity index (χ4n) is 2.76. The Kier molecular flexibility index (Phi) is 6.46. The zero-order valence-electron chi connectivity index (χ0n) is 16.0. The zero-order chi connectivity index (χ0) is 19.2. The monoisotopic (exact) mass is 348 g/mol. The van der Waals surface area contributed by atoms with Crippen LogP contribution < -0.4 is 0 Å². The van der Waals surface area contributed by atoms with E-state index in [1.807, 2.05) is 30.3 Å². The van der Waals surface area contributed by atoms with Gasteiger partial charge in [0.1, 0.15) is 11.5 Å². The highest BCUT2D eigenvalue weighted by Crippen LogP contribution is 2.31. The highest BCUT2D eigenvalue weighted by Gasteiger charge is 2.22. The van der Waals surface area contributed by atoms with E-state index in [2.05, 4.69) is 52.0 Å². The van der Waals surface area contributed by atoms with Gasteiger partial charge in [0.15, 0.2) is 0 Å². The summed E-state index contributed by atoms with van der Waals surface area (Å²) in [4.78, 5) is 0. The Hall–Kier alpha value is -2.74. The summed E-state index contributed by atoms with van der Waals surface area (Å²) in [6, 6.07) is 25.1. The molecule has 0 spiro atoms. The molecule has 0 aliphatic carbocycles. The van der Waals surface area contributed by atoms with Gasteiger partial charge in [0.05, 0.1) is 0 Å². The minimum absolute atomic E-state index is 0.0328. The lowest BCUT2D eigenvalue weighted by molar-refractivity contribution is 0.474. The molecule has 0 saturated carbocycles. The van der Waals surface area contributed by atoms with Crippen LogP contribution in [0, 0.1) is 0 Å². The van der Waals surface area contributed by atoms with Gasteiger partial charge in [-0.1, -0.05) is 82.3 Å². The van der Waals surface area contributed by atoms with Gasteiger partial charge in [-0.2, -0.15) is 0 Å². The van der Waals surface area contributed by atoms with Crippen LogP contribution in [0.1, 0.15) is 50.3 Å². The first kappa shape index (κ1) is 19.6. The normalized spacial score (nSPS) is 11.0. The van der Waals surface area contributed by atoms with Crippen LogP contribution >= 0.6 is 0 Å². The van der Waals surface area contributed by atoms with Crippen molar-refractivity contribution in [3.8, 4) is 11.5 Å². The van der Waals surface area contributed by atoms with Crippen LogP contribution in [-0.4, -0.2) is 10.2 Å². The van der Waals surface area contributed by atoms with Gasteiger partial charge in [-0.3, -0.25) is 0 Å². The van der Waals surface area contributed by atoms with Gasteiger partial charge < -0.3 is 10.2 Å². The summed E-state index contributed by atoms with van der Waals surface area (Å²) in [7, 11) is 0. The molecule has 3 rings (SSSR count). The molecule has 3 aromatic rings. The number of hydrogen-bond acceptors (Lipinski definition) is 2. The van der Waals surface area contributed by atoms with Crippen molar-refractivity contribution in [3.63, 3.8) is 0 Å². The summed E-state index contributed by atoms with van der Waals surface area (Å²) in [5.74, 6) is 1.19. The smallest absolute Gasteiger partial charge is 0.115 e. The molecule has 0 radical (unpaired) electrons. The molecule has 0 aliphatic heterocycles. The molecule has 0 unspecified atom stereocenters. The van der Waals surface area contributed by atoms with E-state index in [-0.39, 0.29) is 5.41 Å². The Balaban J connectivity index is 0.000000209. The molecule has 0 atom stereocenters. The van der Waals surface area contributed by atoms with Crippen LogP contribution in [0.15, 0.2) is 78.9 Å². The summed E-state index contributed by atoms with van der Waals surface area (Å²) in [6.07, 6.45) is 0. The maximum atomic E-state index is 9.29. The largest absolute Gasteiger partial charge is 0.508 e. The minimum atomic E-state index is -0.0328. The minimum Gasteiger partial charge on any atom is -0.508 e. The highest BCUT2D eigenvalue weighted by molar-refractivity contribution is 5.39. The van der Waals surface area contributed by atoms with Gasteiger partial charge in [-0.25, -0.2) is 0 Å². The summed E-state index contributed by atoms with van der Waals surface area (Å²) < 4.78 is 0. The molecule has 0 fully saturated rings. The van der Waals surface area contributed by atoms with Crippen LogP contribution in [0.4, 0.5) is 0 Å². The van der Waals surface area contributed by atoms with E-state index in [0.29, 0.717) is 17.4 Å². The van der Waals surface area contributed by atoms with Crippen molar-refractivity contribution in [1.82, 2.24) is 0 Å². The lowest BCUT2D eigenvalue weighted by Crippen LogP contribution is -2.18. The molecule has 26 heavy (non-hydrogen) atoms. The summed E-state index contributed by atoms with van der Waals surface area (Å²) >= 11 is 0. The molecule has 136 valence electrons. The number of phenolic OH excluding ortho intramolecular Hbond substituents is 2. The van der Waals surface area contributed by atoms with E-state index in [1.165, 1.54) is 16.7 Å². The van der Waals surface area contributed by atoms with E-state index in [0.717, 1.165) is 0 Å². The van der Waals surface area contributed by atoms with E-state index >= 15 is 0 Å². The second kappa shape index (κ2) is 8.57. The van der Waals surface area contributed by atoms with Crippen LogP contribution in [0.3, 0.4) is 0 Å². The topological polar surface area (TPSA) is 40.5 Å². The molecular formula is C24H28O2. The van der Waals surface area contributed by atoms with Gasteiger partial charge in [0.2, 0.25) is 0 Å². The number of rotatable bonds is 3. The standard InChI is InChI=1S/C15H16O.C9H12O/c1-15(2,12-6-4-3-5-7-12)13-8-10-14(16)11-9-13;1-7(2)8-3-5-9(10)6-4-8/h3-11,16H,1-2H3;3-7,10H,1-2H3. The Morgan fingerprint density at radius 3 is 1.50 bits per heavy atom. The van der Waals surface area contributed by atoms with Gasteiger partial charge in [-0.05, 0) is 46.9 Å². The van der Waals surface area contributed by atoms with Crippen molar-refractivity contribution < 1.29 is 10.2 Å². The van der Waals surface area contributed by atoms with E-state index < -0.39 is 0 Å².